The number of aromatic hydroxyl groups is 1. The highest BCUT2D eigenvalue weighted by molar-refractivity contribution is 6.08. The minimum Gasteiger partial charge on any atom is -0.507 e. The van der Waals surface area contributed by atoms with Gasteiger partial charge in [0.05, 0.1) is 5.56 Å². The van der Waals surface area contributed by atoms with Crippen molar-refractivity contribution in [3.8, 4) is 5.75 Å². The number of amides is 2. The lowest BCUT2D eigenvalue weighted by Crippen LogP contribution is -2.30. The molecule has 0 saturated heterocycles. The van der Waals surface area contributed by atoms with E-state index in [2.05, 4.69) is 5.32 Å². The molecule has 0 heterocycles. The Balaban J connectivity index is 1.78. The van der Waals surface area contributed by atoms with E-state index < -0.39 is 5.91 Å². The predicted octanol–water partition coefficient (Wildman–Crippen LogP) is 4.28. The Morgan fingerprint density at radius 2 is 1.52 bits per heavy atom. The van der Waals surface area contributed by atoms with Crippen LogP contribution in [0, 0.1) is 0 Å². The Labute approximate surface area is 158 Å². The molecule has 0 fully saturated rings. The highest BCUT2D eigenvalue weighted by Crippen LogP contribution is 2.26. The Morgan fingerprint density at radius 3 is 2.11 bits per heavy atom. The van der Waals surface area contributed by atoms with Gasteiger partial charge in [0, 0.05) is 24.3 Å². The molecule has 2 N–H and O–H groups in total. The first kappa shape index (κ1) is 18.5. The fourth-order valence-electron chi connectivity index (χ4n) is 3.00. The third-order valence-electron chi connectivity index (χ3n) is 4.55. The second kappa shape index (κ2) is 7.91. The SMILES string of the molecule is CCN(CC)C(=O)c1ccc(NC(=O)c2cc3ccccc3cc2O)cc1. The summed E-state index contributed by atoms with van der Waals surface area (Å²) in [4.78, 5) is 26.6. The fraction of sp³-hybridized carbons (Fsp3) is 0.182. The molecule has 3 rings (SSSR count). The molecular formula is C22H22N2O3. The van der Waals surface area contributed by atoms with Crippen LogP contribution in [0.25, 0.3) is 10.8 Å². The number of nitrogens with one attached hydrogen (secondary N) is 1. The van der Waals surface area contributed by atoms with Crippen LogP contribution in [-0.4, -0.2) is 34.9 Å². The molecule has 27 heavy (non-hydrogen) atoms. The summed E-state index contributed by atoms with van der Waals surface area (Å²) in [6, 6.07) is 17.5. The Hall–Kier alpha value is -3.34. The van der Waals surface area contributed by atoms with Crippen LogP contribution in [0.3, 0.4) is 0 Å². The number of rotatable bonds is 5. The summed E-state index contributed by atoms with van der Waals surface area (Å²) < 4.78 is 0. The van der Waals surface area contributed by atoms with E-state index in [9.17, 15) is 14.7 Å². The molecule has 2 amide bonds. The minimum absolute atomic E-state index is 0.0370. The van der Waals surface area contributed by atoms with Gasteiger partial charge in [0.2, 0.25) is 0 Å². The molecule has 0 spiro atoms. The maximum absolute atomic E-state index is 12.6. The van der Waals surface area contributed by atoms with Crippen molar-refractivity contribution in [1.29, 1.82) is 0 Å². The van der Waals surface area contributed by atoms with E-state index in [0.717, 1.165) is 10.8 Å². The summed E-state index contributed by atoms with van der Waals surface area (Å²) in [6.07, 6.45) is 0. The van der Waals surface area contributed by atoms with Gasteiger partial charge >= 0.3 is 0 Å². The van der Waals surface area contributed by atoms with Gasteiger partial charge in [0.25, 0.3) is 11.8 Å². The molecule has 0 unspecified atom stereocenters. The highest BCUT2D eigenvalue weighted by Gasteiger charge is 2.15. The van der Waals surface area contributed by atoms with E-state index in [1.807, 2.05) is 38.1 Å². The number of benzene rings is 3. The van der Waals surface area contributed by atoms with Crippen molar-refractivity contribution in [1.82, 2.24) is 4.90 Å². The zero-order chi connectivity index (χ0) is 19.4. The van der Waals surface area contributed by atoms with E-state index in [0.29, 0.717) is 24.3 Å². The van der Waals surface area contributed by atoms with Crippen molar-refractivity contribution in [2.75, 3.05) is 18.4 Å². The number of hydrogen-bond acceptors (Lipinski definition) is 3. The summed E-state index contributed by atoms with van der Waals surface area (Å²) in [5, 5.41) is 14.7. The lowest BCUT2D eigenvalue weighted by atomic mass is 10.1. The van der Waals surface area contributed by atoms with Crippen LogP contribution in [0.15, 0.2) is 60.7 Å². The van der Waals surface area contributed by atoms with Gasteiger partial charge in [-0.25, -0.2) is 0 Å². The van der Waals surface area contributed by atoms with E-state index in [1.165, 1.54) is 0 Å². The molecule has 0 aliphatic carbocycles. The lowest BCUT2D eigenvalue weighted by molar-refractivity contribution is 0.0773. The van der Waals surface area contributed by atoms with Crippen LogP contribution < -0.4 is 5.32 Å². The summed E-state index contributed by atoms with van der Waals surface area (Å²) in [5.41, 5.74) is 1.34. The molecule has 3 aromatic carbocycles. The van der Waals surface area contributed by atoms with Crippen molar-refractivity contribution in [3.05, 3.63) is 71.8 Å². The summed E-state index contributed by atoms with van der Waals surface area (Å²) in [7, 11) is 0. The van der Waals surface area contributed by atoms with Crippen LogP contribution in [0.2, 0.25) is 0 Å². The molecule has 0 saturated carbocycles. The second-order valence-electron chi connectivity index (χ2n) is 6.23. The number of phenols is 1. The molecule has 0 aliphatic heterocycles. The van der Waals surface area contributed by atoms with Crippen LogP contribution in [0.5, 0.6) is 5.75 Å². The maximum atomic E-state index is 12.6. The zero-order valence-electron chi connectivity index (χ0n) is 15.4. The smallest absolute Gasteiger partial charge is 0.259 e. The van der Waals surface area contributed by atoms with Crippen molar-refractivity contribution in [2.24, 2.45) is 0 Å². The van der Waals surface area contributed by atoms with Gasteiger partial charge < -0.3 is 15.3 Å². The first-order chi connectivity index (χ1) is 13.0. The Kier molecular flexibility index (Phi) is 5.41. The van der Waals surface area contributed by atoms with Gasteiger partial charge in [-0.3, -0.25) is 9.59 Å². The van der Waals surface area contributed by atoms with E-state index in [1.54, 1.807) is 41.3 Å². The average molecular weight is 362 g/mol. The van der Waals surface area contributed by atoms with Crippen LogP contribution in [0.4, 0.5) is 5.69 Å². The number of carbonyl (C=O) groups excluding carboxylic acids is 2. The van der Waals surface area contributed by atoms with Gasteiger partial charge in [-0.2, -0.15) is 0 Å². The van der Waals surface area contributed by atoms with Crippen molar-refractivity contribution in [3.63, 3.8) is 0 Å². The average Bonchev–Trinajstić information content (AvgIpc) is 2.68. The quantitative estimate of drug-likeness (QED) is 0.712. The van der Waals surface area contributed by atoms with Gasteiger partial charge in [0.15, 0.2) is 0 Å². The minimum atomic E-state index is -0.402. The number of carbonyl (C=O) groups is 2. The standard InChI is InChI=1S/C22H22N2O3/c1-3-24(4-2)22(27)15-9-11-18(12-10-15)23-21(26)19-13-16-7-5-6-8-17(16)14-20(19)25/h5-14,25H,3-4H2,1-2H3,(H,23,26). The van der Waals surface area contributed by atoms with Crippen molar-refractivity contribution >= 4 is 28.3 Å². The molecule has 138 valence electrons. The highest BCUT2D eigenvalue weighted by atomic mass is 16.3. The molecule has 0 aliphatic rings. The number of hydrogen-bond donors (Lipinski definition) is 2. The van der Waals surface area contributed by atoms with Gasteiger partial charge in [-0.1, -0.05) is 24.3 Å². The number of anilines is 1. The third kappa shape index (κ3) is 3.92. The van der Waals surface area contributed by atoms with Crippen LogP contribution in [0.1, 0.15) is 34.6 Å². The third-order valence-corrected chi connectivity index (χ3v) is 4.55. The topological polar surface area (TPSA) is 69.6 Å². The molecule has 0 radical (unpaired) electrons. The van der Waals surface area contributed by atoms with Gasteiger partial charge in [0.1, 0.15) is 5.75 Å². The van der Waals surface area contributed by atoms with Gasteiger partial charge in [-0.05, 0) is 61.0 Å². The van der Waals surface area contributed by atoms with Crippen molar-refractivity contribution < 1.29 is 14.7 Å². The summed E-state index contributed by atoms with van der Waals surface area (Å²) in [5.74, 6) is -0.509. The second-order valence-corrected chi connectivity index (χ2v) is 6.23. The number of nitrogens with zero attached hydrogens (tertiary/aromatic N) is 1. The lowest BCUT2D eigenvalue weighted by Gasteiger charge is -2.18. The molecular weight excluding hydrogens is 340 g/mol. The molecule has 0 aromatic heterocycles. The van der Waals surface area contributed by atoms with E-state index >= 15 is 0 Å². The summed E-state index contributed by atoms with van der Waals surface area (Å²) >= 11 is 0. The normalized spacial score (nSPS) is 10.6. The molecule has 0 bridgehead atoms. The summed E-state index contributed by atoms with van der Waals surface area (Å²) in [6.45, 7) is 5.17. The number of phenolic OH excluding ortho intramolecular Hbond substituents is 1. The van der Waals surface area contributed by atoms with Crippen LogP contribution in [-0.2, 0) is 0 Å². The van der Waals surface area contributed by atoms with E-state index in [-0.39, 0.29) is 17.2 Å². The largest absolute Gasteiger partial charge is 0.507 e. The van der Waals surface area contributed by atoms with Gasteiger partial charge in [-0.15, -0.1) is 0 Å². The Bertz CT molecular complexity index is 977. The predicted molar refractivity (Wildman–Crippen MR) is 107 cm³/mol. The first-order valence-electron chi connectivity index (χ1n) is 8.96. The van der Waals surface area contributed by atoms with Crippen molar-refractivity contribution in [2.45, 2.75) is 13.8 Å². The molecule has 5 heteroatoms. The zero-order valence-corrected chi connectivity index (χ0v) is 15.4. The monoisotopic (exact) mass is 362 g/mol. The molecule has 3 aromatic rings. The first-order valence-corrected chi connectivity index (χ1v) is 8.96. The molecule has 0 atom stereocenters. The van der Waals surface area contributed by atoms with E-state index in [4.69, 9.17) is 0 Å². The Morgan fingerprint density at radius 1 is 0.926 bits per heavy atom. The molecule has 5 nitrogen and oxygen atoms in total. The van der Waals surface area contributed by atoms with Crippen LogP contribution >= 0.6 is 0 Å². The maximum Gasteiger partial charge on any atom is 0.259 e. The number of fused-ring (bicyclic) bond motifs is 1. The fourth-order valence-corrected chi connectivity index (χ4v) is 3.00.